The first-order valence-electron chi connectivity index (χ1n) is 18.6. The van der Waals surface area contributed by atoms with Crippen LogP contribution in [0.25, 0.3) is 10.9 Å². The number of amides is 2. The maximum Gasteiger partial charge on any atom is 0.320 e. The van der Waals surface area contributed by atoms with Crippen molar-refractivity contribution in [2.45, 2.75) is 43.9 Å². The number of aliphatic hydroxyl groups is 1. The molecule has 0 bridgehead atoms. The highest BCUT2D eigenvalue weighted by atomic mass is 16.5. The summed E-state index contributed by atoms with van der Waals surface area (Å²) in [7, 11) is 1.67. The van der Waals surface area contributed by atoms with E-state index in [1.165, 1.54) is 0 Å². The molecular formula is C46H44N6O3. The summed E-state index contributed by atoms with van der Waals surface area (Å²) in [6.07, 6.45) is 0.640. The first-order valence-corrected chi connectivity index (χ1v) is 18.6. The van der Waals surface area contributed by atoms with Gasteiger partial charge in [0.05, 0.1) is 40.8 Å². The molecule has 2 amide bonds. The van der Waals surface area contributed by atoms with Gasteiger partial charge in [0.2, 0.25) is 0 Å². The smallest absolute Gasteiger partial charge is 0.320 e. The number of hydrogen-bond acceptors (Lipinski definition) is 6. The molecule has 0 saturated carbocycles. The fourth-order valence-electron chi connectivity index (χ4n) is 8.05. The molecule has 0 fully saturated rings. The molecule has 0 unspecified atom stereocenters. The second-order valence-corrected chi connectivity index (χ2v) is 14.5. The Morgan fingerprint density at radius 3 is 1.89 bits per heavy atom. The summed E-state index contributed by atoms with van der Waals surface area (Å²) in [5.41, 5.74) is 5.06. The number of nitrogens with one attached hydrogen (secondary N) is 3. The van der Waals surface area contributed by atoms with Gasteiger partial charge in [-0.3, -0.25) is 10.4 Å². The normalized spacial score (nSPS) is 13.3. The van der Waals surface area contributed by atoms with Crippen LogP contribution in [0.4, 0.5) is 16.4 Å². The first kappa shape index (κ1) is 35.6. The van der Waals surface area contributed by atoms with Crippen molar-refractivity contribution in [1.29, 1.82) is 0 Å². The Morgan fingerprint density at radius 1 is 0.818 bits per heavy atom. The third kappa shape index (κ3) is 6.68. The van der Waals surface area contributed by atoms with E-state index in [-0.39, 0.29) is 0 Å². The number of rotatable bonds is 11. The zero-order chi connectivity index (χ0) is 38.0. The summed E-state index contributed by atoms with van der Waals surface area (Å²) in [5, 5.41) is 27.0. The lowest BCUT2D eigenvalue weighted by molar-refractivity contribution is 0.0415. The van der Waals surface area contributed by atoms with Gasteiger partial charge in [-0.1, -0.05) is 133 Å². The topological polar surface area (TPSA) is 115 Å². The molecule has 0 spiro atoms. The molecule has 1 atom stereocenters. The summed E-state index contributed by atoms with van der Waals surface area (Å²) in [4.78, 5) is 22.0. The van der Waals surface area contributed by atoms with Crippen molar-refractivity contribution >= 4 is 28.6 Å². The third-order valence-corrected chi connectivity index (χ3v) is 10.6. The number of aromatic amines is 1. The molecule has 7 aromatic rings. The van der Waals surface area contributed by atoms with E-state index in [0.29, 0.717) is 25.3 Å². The summed E-state index contributed by atoms with van der Waals surface area (Å²) in [6.45, 7) is 4.73. The van der Waals surface area contributed by atoms with Crippen LogP contribution in [0.3, 0.4) is 0 Å². The Labute approximate surface area is 321 Å². The summed E-state index contributed by atoms with van der Waals surface area (Å²) >= 11 is 0. The maximum absolute atomic E-state index is 14.4. The van der Waals surface area contributed by atoms with Crippen molar-refractivity contribution in [2.24, 2.45) is 0 Å². The van der Waals surface area contributed by atoms with Crippen molar-refractivity contribution in [3.05, 3.63) is 185 Å². The predicted molar refractivity (Wildman–Crippen MR) is 218 cm³/mol. The Morgan fingerprint density at radius 2 is 1.36 bits per heavy atom. The number of benzene rings is 5. The Kier molecular flexibility index (Phi) is 9.55. The molecule has 5 aromatic carbocycles. The molecule has 2 aromatic heterocycles. The largest absolute Gasteiger partial charge is 0.497 e. The number of H-pyrrole nitrogens is 1. The van der Waals surface area contributed by atoms with Crippen molar-refractivity contribution in [1.82, 2.24) is 20.5 Å². The van der Waals surface area contributed by atoms with E-state index in [4.69, 9.17) is 14.8 Å². The average Bonchev–Trinajstić information content (AvgIpc) is 3.67. The van der Waals surface area contributed by atoms with Crippen molar-refractivity contribution in [3.8, 4) is 5.75 Å². The number of hydrogen-bond donors (Lipinski definition) is 4. The van der Waals surface area contributed by atoms with E-state index < -0.39 is 23.1 Å². The van der Waals surface area contributed by atoms with Crippen LogP contribution < -0.4 is 20.3 Å². The second kappa shape index (κ2) is 14.8. The number of carbonyl (C=O) groups excluding carboxylic acids is 1. The fraction of sp³-hybridized carbons (Fsp3) is 0.196. The number of carbonyl (C=O) groups is 1. The number of methoxy groups -OCH3 is 1. The van der Waals surface area contributed by atoms with Gasteiger partial charge in [-0.2, -0.15) is 5.10 Å². The van der Waals surface area contributed by atoms with Gasteiger partial charge >= 0.3 is 6.03 Å². The number of aromatic nitrogens is 3. The van der Waals surface area contributed by atoms with Crippen molar-refractivity contribution in [2.75, 3.05) is 23.9 Å². The SMILES string of the molecule is COc1ccc(CN2CCc3nc(NC(=O)N[C@@H](c4ccccc4)C(C)(C)O)c(C(c4ccccc4)(c4ccccc4)c4ccccc4)c4[nH]nc2c34)cc1. The van der Waals surface area contributed by atoms with Crippen LogP contribution in [-0.2, 0) is 18.4 Å². The van der Waals surface area contributed by atoms with Gasteiger partial charge in [0, 0.05) is 25.1 Å². The molecular weight excluding hydrogens is 685 g/mol. The minimum Gasteiger partial charge on any atom is -0.497 e. The predicted octanol–water partition coefficient (Wildman–Crippen LogP) is 8.55. The fourth-order valence-corrected chi connectivity index (χ4v) is 8.05. The maximum atomic E-state index is 14.4. The molecule has 55 heavy (non-hydrogen) atoms. The van der Waals surface area contributed by atoms with Gasteiger partial charge in [-0.05, 0) is 53.8 Å². The molecule has 1 aliphatic rings. The standard InChI is InChI=1S/C46H44N6O3/c1-45(2,54)41(32-16-8-4-9-17-32)48-44(53)49-42-39(46(33-18-10-5-11-19-33,34-20-12-6-13-21-34)35-22-14-7-15-23-35)40-38-37(47-42)28-29-52(43(38)51-50-40)30-31-24-26-36(55-3)27-25-31/h4-27,41,54H,28-30H2,1-3H3,(H,50,51)(H2,47,48,49,53)/t41-/m0/s1. The van der Waals surface area contributed by atoms with E-state index in [2.05, 4.69) is 69.2 Å². The molecule has 9 nitrogen and oxygen atoms in total. The minimum absolute atomic E-state index is 0.401. The van der Waals surface area contributed by atoms with Gasteiger partial charge in [0.25, 0.3) is 0 Å². The lowest BCUT2D eigenvalue weighted by Gasteiger charge is -2.38. The number of nitrogens with zero attached hydrogens (tertiary/aromatic N) is 3. The number of urea groups is 1. The van der Waals surface area contributed by atoms with Crippen LogP contribution in [0.2, 0.25) is 0 Å². The molecule has 3 heterocycles. The second-order valence-electron chi connectivity index (χ2n) is 14.5. The van der Waals surface area contributed by atoms with Gasteiger partial charge in [0.15, 0.2) is 5.82 Å². The van der Waals surface area contributed by atoms with Gasteiger partial charge in [-0.25, -0.2) is 9.78 Å². The highest BCUT2D eigenvalue weighted by Gasteiger charge is 2.44. The molecule has 8 rings (SSSR count). The molecule has 4 N–H and O–H groups in total. The summed E-state index contributed by atoms with van der Waals surface area (Å²) < 4.78 is 5.41. The average molecular weight is 729 g/mol. The van der Waals surface area contributed by atoms with Crippen LogP contribution in [-0.4, -0.2) is 45.6 Å². The quantitative estimate of drug-likeness (QED) is 0.0993. The number of anilines is 2. The third-order valence-electron chi connectivity index (χ3n) is 10.6. The highest BCUT2D eigenvalue weighted by molar-refractivity contribution is 6.02. The van der Waals surface area contributed by atoms with E-state index in [1.54, 1.807) is 21.0 Å². The Hall–Kier alpha value is -6.45. The van der Waals surface area contributed by atoms with E-state index in [0.717, 1.165) is 61.5 Å². The van der Waals surface area contributed by atoms with Crippen LogP contribution in [0, 0.1) is 0 Å². The molecule has 0 radical (unpaired) electrons. The highest BCUT2D eigenvalue weighted by Crippen LogP contribution is 2.51. The van der Waals surface area contributed by atoms with Gasteiger partial charge < -0.3 is 20.1 Å². The number of ether oxygens (including phenoxy) is 1. The van der Waals surface area contributed by atoms with E-state index in [9.17, 15) is 9.90 Å². The molecule has 0 saturated heterocycles. The molecule has 276 valence electrons. The van der Waals surface area contributed by atoms with E-state index >= 15 is 0 Å². The van der Waals surface area contributed by atoms with Crippen molar-refractivity contribution < 1.29 is 14.6 Å². The summed E-state index contributed by atoms with van der Waals surface area (Å²) in [5.74, 6) is 2.02. The summed E-state index contributed by atoms with van der Waals surface area (Å²) in [6, 6.07) is 47.5. The van der Waals surface area contributed by atoms with Gasteiger partial charge in [-0.15, -0.1) is 0 Å². The zero-order valence-electron chi connectivity index (χ0n) is 31.2. The molecule has 1 aliphatic heterocycles. The molecule has 9 heteroatoms. The first-order chi connectivity index (χ1) is 26.8. The monoisotopic (exact) mass is 728 g/mol. The Bertz CT molecular complexity index is 2300. The van der Waals surface area contributed by atoms with Crippen LogP contribution in [0.5, 0.6) is 5.75 Å². The minimum atomic E-state index is -1.27. The lowest BCUT2D eigenvalue weighted by atomic mass is 9.64. The van der Waals surface area contributed by atoms with Crippen LogP contribution in [0.15, 0.2) is 146 Å². The number of pyridine rings is 1. The molecule has 0 aliphatic carbocycles. The van der Waals surface area contributed by atoms with Gasteiger partial charge in [0.1, 0.15) is 11.6 Å². The lowest BCUT2D eigenvalue weighted by Crippen LogP contribution is -2.44. The Balaban J connectivity index is 1.36. The van der Waals surface area contributed by atoms with E-state index in [1.807, 2.05) is 97.1 Å². The van der Waals surface area contributed by atoms with Crippen LogP contribution in [0.1, 0.15) is 59.0 Å². The van der Waals surface area contributed by atoms with Crippen LogP contribution >= 0.6 is 0 Å². The zero-order valence-corrected chi connectivity index (χ0v) is 31.2. The van der Waals surface area contributed by atoms with Crippen molar-refractivity contribution in [3.63, 3.8) is 0 Å².